The zero-order valence-corrected chi connectivity index (χ0v) is 12.0. The highest BCUT2D eigenvalue weighted by Gasteiger charge is 2.25. The molecule has 0 saturated heterocycles. The molecule has 1 aromatic carbocycles. The zero-order valence-electron chi connectivity index (χ0n) is 12.0. The van der Waals surface area contributed by atoms with E-state index in [1.54, 1.807) is 6.07 Å². The second-order valence-electron chi connectivity index (χ2n) is 6.81. The van der Waals surface area contributed by atoms with Crippen molar-refractivity contribution in [1.29, 1.82) is 0 Å². The molecule has 3 heteroatoms. The number of rotatable bonds is 1. The number of aliphatic hydroxyl groups excluding tert-OH is 1. The van der Waals surface area contributed by atoms with Crippen molar-refractivity contribution in [2.24, 2.45) is 0 Å². The third kappa shape index (κ3) is 3.03. The summed E-state index contributed by atoms with van der Waals surface area (Å²) in [5.41, 5.74) is 1.27. The molecule has 0 amide bonds. The van der Waals surface area contributed by atoms with E-state index in [1.807, 2.05) is 47.6 Å². The number of hydrogen-bond donors (Lipinski definition) is 2. The fourth-order valence-electron chi connectivity index (χ4n) is 1.85. The number of phenolic OH excluding ortho intramolecular Hbond substituents is 1. The molecule has 0 aromatic heterocycles. The Bertz CT molecular complexity index is 434. The molecule has 1 atom stereocenters. The van der Waals surface area contributed by atoms with Gasteiger partial charge >= 0.3 is 0 Å². The first-order valence-corrected chi connectivity index (χ1v) is 6.16. The van der Waals surface area contributed by atoms with Crippen molar-refractivity contribution in [1.82, 2.24) is 0 Å². The molecule has 1 aromatic rings. The summed E-state index contributed by atoms with van der Waals surface area (Å²) < 4.78 is 0. The normalized spacial score (nSPS) is 14.7. The summed E-state index contributed by atoms with van der Waals surface area (Å²) in [6.07, 6.45) is -1.91. The van der Waals surface area contributed by atoms with Crippen LogP contribution in [0.15, 0.2) is 12.1 Å². The van der Waals surface area contributed by atoms with Crippen molar-refractivity contribution in [2.75, 3.05) is 0 Å². The maximum Gasteiger partial charge on any atom is 0.123 e. The van der Waals surface area contributed by atoms with Gasteiger partial charge in [-0.05, 0) is 22.0 Å². The highest BCUT2D eigenvalue weighted by Crippen LogP contribution is 2.38. The first kappa shape index (κ1) is 15.0. The SMILES string of the molecule is CC(C)(C)c1cc(C([O-])O)c(O)c(C(C)(C)C)c1. The number of aromatic hydroxyl groups is 1. The maximum absolute atomic E-state index is 11.3. The van der Waals surface area contributed by atoms with Gasteiger partial charge in [-0.25, -0.2) is 0 Å². The zero-order chi connectivity index (χ0) is 14.3. The summed E-state index contributed by atoms with van der Waals surface area (Å²) in [6, 6.07) is 3.52. The van der Waals surface area contributed by atoms with E-state index in [0.717, 1.165) is 5.56 Å². The van der Waals surface area contributed by atoms with Gasteiger partial charge in [0.2, 0.25) is 0 Å². The highest BCUT2D eigenvalue weighted by atomic mass is 16.5. The molecule has 0 radical (unpaired) electrons. The van der Waals surface area contributed by atoms with Gasteiger partial charge in [-0.15, -0.1) is 0 Å². The topological polar surface area (TPSA) is 63.5 Å². The van der Waals surface area contributed by atoms with Gasteiger partial charge in [-0.1, -0.05) is 53.7 Å². The van der Waals surface area contributed by atoms with E-state index in [4.69, 9.17) is 0 Å². The summed E-state index contributed by atoms with van der Waals surface area (Å²) in [5, 5.41) is 30.7. The molecule has 0 aliphatic heterocycles. The lowest BCUT2D eigenvalue weighted by molar-refractivity contribution is -0.490. The van der Waals surface area contributed by atoms with Crippen LogP contribution in [-0.4, -0.2) is 10.2 Å². The third-order valence-corrected chi connectivity index (χ3v) is 3.08. The number of hydrogen-bond acceptors (Lipinski definition) is 3. The molecule has 0 spiro atoms. The minimum atomic E-state index is -1.91. The lowest BCUT2D eigenvalue weighted by Crippen LogP contribution is -2.21. The molecule has 1 unspecified atom stereocenters. The van der Waals surface area contributed by atoms with Gasteiger partial charge < -0.3 is 15.3 Å². The summed E-state index contributed by atoms with van der Waals surface area (Å²) in [5.74, 6) is -0.0852. The number of aliphatic hydroxyl groups is 1. The Morgan fingerprint density at radius 3 is 1.83 bits per heavy atom. The quantitative estimate of drug-likeness (QED) is 0.753. The van der Waals surface area contributed by atoms with Crippen molar-refractivity contribution in [3.8, 4) is 5.75 Å². The van der Waals surface area contributed by atoms with Crippen molar-refractivity contribution in [2.45, 2.75) is 58.7 Å². The minimum absolute atomic E-state index is 0.0624. The highest BCUT2D eigenvalue weighted by molar-refractivity contribution is 5.49. The summed E-state index contributed by atoms with van der Waals surface area (Å²) >= 11 is 0. The standard InChI is InChI=1S/C15H23O3/c1-14(2,3)9-7-10(13(17)18)12(16)11(8-9)15(4,5)6/h7-8,13,16-17H,1-6H3/q-1. The number of phenols is 1. The molecule has 3 nitrogen and oxygen atoms in total. The van der Waals surface area contributed by atoms with Gasteiger partial charge in [-0.3, -0.25) is 0 Å². The van der Waals surface area contributed by atoms with Crippen LogP contribution in [0.3, 0.4) is 0 Å². The first-order chi connectivity index (χ1) is 7.94. The van der Waals surface area contributed by atoms with E-state index in [9.17, 15) is 15.3 Å². The monoisotopic (exact) mass is 251 g/mol. The molecule has 0 saturated carbocycles. The van der Waals surface area contributed by atoms with Crippen molar-refractivity contribution in [3.05, 3.63) is 28.8 Å². The molecule has 0 aliphatic carbocycles. The van der Waals surface area contributed by atoms with Crippen LogP contribution in [0.4, 0.5) is 0 Å². The number of benzene rings is 1. The summed E-state index contributed by atoms with van der Waals surface area (Å²) in [6.45, 7) is 12.0. The van der Waals surface area contributed by atoms with Crippen LogP contribution in [0.25, 0.3) is 0 Å². The fourth-order valence-corrected chi connectivity index (χ4v) is 1.85. The maximum atomic E-state index is 11.3. The second kappa shape index (κ2) is 4.56. The van der Waals surface area contributed by atoms with Crippen LogP contribution in [0.5, 0.6) is 5.75 Å². The minimum Gasteiger partial charge on any atom is -0.828 e. The van der Waals surface area contributed by atoms with E-state index >= 15 is 0 Å². The van der Waals surface area contributed by atoms with Crippen LogP contribution in [-0.2, 0) is 10.8 Å². The van der Waals surface area contributed by atoms with E-state index in [0.29, 0.717) is 5.56 Å². The van der Waals surface area contributed by atoms with Crippen LogP contribution >= 0.6 is 0 Å². The molecular weight excluding hydrogens is 228 g/mol. The molecule has 0 aliphatic rings. The van der Waals surface area contributed by atoms with Crippen molar-refractivity contribution >= 4 is 0 Å². The Morgan fingerprint density at radius 2 is 1.50 bits per heavy atom. The van der Waals surface area contributed by atoms with Crippen LogP contribution in [0.2, 0.25) is 0 Å². The van der Waals surface area contributed by atoms with E-state index in [1.165, 1.54) is 0 Å². The summed E-state index contributed by atoms with van der Waals surface area (Å²) in [4.78, 5) is 0. The van der Waals surface area contributed by atoms with Crippen LogP contribution < -0.4 is 5.11 Å². The van der Waals surface area contributed by atoms with Gasteiger partial charge in [0.1, 0.15) is 5.75 Å². The van der Waals surface area contributed by atoms with Crippen LogP contribution in [0.1, 0.15) is 64.5 Å². The smallest absolute Gasteiger partial charge is 0.123 e. The van der Waals surface area contributed by atoms with Gasteiger partial charge in [0.25, 0.3) is 0 Å². The molecule has 0 bridgehead atoms. The fraction of sp³-hybridized carbons (Fsp3) is 0.600. The van der Waals surface area contributed by atoms with Gasteiger partial charge in [0, 0.05) is 11.9 Å². The van der Waals surface area contributed by atoms with E-state index in [2.05, 4.69) is 0 Å². The Hall–Kier alpha value is -1.06. The average Bonchev–Trinajstić information content (AvgIpc) is 2.13. The molecule has 0 fully saturated rings. The Morgan fingerprint density at radius 1 is 1.00 bits per heavy atom. The van der Waals surface area contributed by atoms with Gasteiger partial charge in [0.05, 0.1) is 0 Å². The van der Waals surface area contributed by atoms with E-state index in [-0.39, 0.29) is 22.1 Å². The van der Waals surface area contributed by atoms with E-state index < -0.39 is 6.29 Å². The first-order valence-electron chi connectivity index (χ1n) is 6.16. The summed E-state index contributed by atoms with van der Waals surface area (Å²) in [7, 11) is 0. The van der Waals surface area contributed by atoms with Crippen molar-refractivity contribution in [3.63, 3.8) is 0 Å². The lowest BCUT2D eigenvalue weighted by atomic mass is 9.79. The van der Waals surface area contributed by atoms with Crippen LogP contribution in [0, 0.1) is 0 Å². The van der Waals surface area contributed by atoms with Gasteiger partial charge in [0.15, 0.2) is 0 Å². The lowest BCUT2D eigenvalue weighted by Gasteiger charge is -2.29. The Balaban J connectivity index is 3.58. The second-order valence-corrected chi connectivity index (χ2v) is 6.81. The molecule has 102 valence electrons. The predicted octanol–water partition coefficient (Wildman–Crippen LogP) is 2.34. The van der Waals surface area contributed by atoms with Crippen molar-refractivity contribution < 1.29 is 15.3 Å². The Kier molecular flexibility index (Phi) is 3.80. The molecule has 1 rings (SSSR count). The Labute approximate surface area is 109 Å². The molecule has 0 heterocycles. The predicted molar refractivity (Wildman–Crippen MR) is 70.5 cm³/mol. The molecule has 2 N–H and O–H groups in total. The average molecular weight is 251 g/mol. The molecular formula is C15H23O3-. The largest absolute Gasteiger partial charge is 0.828 e. The van der Waals surface area contributed by atoms with Gasteiger partial charge in [-0.2, -0.15) is 0 Å². The third-order valence-electron chi connectivity index (χ3n) is 3.08. The molecule has 18 heavy (non-hydrogen) atoms.